The topological polar surface area (TPSA) is 55.5 Å². The second kappa shape index (κ2) is 5.05. The van der Waals surface area contributed by atoms with Crippen LogP contribution in [-0.2, 0) is 0 Å². The van der Waals surface area contributed by atoms with Crippen molar-refractivity contribution in [3.05, 3.63) is 56.0 Å². The maximum Gasteiger partial charge on any atom is 0.306 e. The molecule has 0 atom stereocenters. The van der Waals surface area contributed by atoms with Crippen LogP contribution < -0.4 is 0 Å². The summed E-state index contributed by atoms with van der Waals surface area (Å²) in [6.45, 7) is 1.95. The summed E-state index contributed by atoms with van der Waals surface area (Å²) >= 11 is 1.53. The standard InChI is InChI=1S/C12H9FN2O2S/c1-8-4-5-18-12(8)7-14-9-2-3-10(13)11(6-9)15(16)17/h2-7H,1H3. The smallest absolute Gasteiger partial charge is 0.258 e. The molecule has 0 N–H and O–H groups in total. The van der Waals surface area contributed by atoms with Gasteiger partial charge in [-0.05, 0) is 36.1 Å². The largest absolute Gasteiger partial charge is 0.306 e. The zero-order valence-electron chi connectivity index (χ0n) is 9.46. The minimum Gasteiger partial charge on any atom is -0.258 e. The molecule has 0 aliphatic heterocycles. The summed E-state index contributed by atoms with van der Waals surface area (Å²) in [6.07, 6.45) is 1.62. The normalized spacial score (nSPS) is 11.0. The van der Waals surface area contributed by atoms with Gasteiger partial charge in [-0.3, -0.25) is 15.1 Å². The fourth-order valence-electron chi connectivity index (χ4n) is 1.37. The molecule has 0 aliphatic rings. The van der Waals surface area contributed by atoms with Gasteiger partial charge in [0.2, 0.25) is 5.82 Å². The van der Waals surface area contributed by atoms with Crippen LogP contribution >= 0.6 is 11.3 Å². The van der Waals surface area contributed by atoms with Crippen molar-refractivity contribution >= 4 is 28.9 Å². The SMILES string of the molecule is Cc1ccsc1C=Nc1ccc(F)c([N+](=O)[O-])c1. The molecule has 1 aromatic heterocycles. The molecule has 0 unspecified atom stereocenters. The van der Waals surface area contributed by atoms with Gasteiger partial charge in [0.15, 0.2) is 0 Å². The van der Waals surface area contributed by atoms with Crippen LogP contribution in [0.2, 0.25) is 0 Å². The molecule has 6 heteroatoms. The van der Waals surface area contributed by atoms with E-state index in [-0.39, 0.29) is 0 Å². The van der Waals surface area contributed by atoms with Crippen LogP contribution in [0.3, 0.4) is 0 Å². The van der Waals surface area contributed by atoms with E-state index in [2.05, 4.69) is 4.99 Å². The molecular formula is C12H9FN2O2S. The molecular weight excluding hydrogens is 255 g/mol. The Kier molecular flexibility index (Phi) is 3.47. The summed E-state index contributed by atoms with van der Waals surface area (Å²) in [7, 11) is 0. The van der Waals surface area contributed by atoms with Gasteiger partial charge in [0, 0.05) is 17.2 Å². The Balaban J connectivity index is 2.30. The number of thiophene rings is 1. The van der Waals surface area contributed by atoms with Gasteiger partial charge < -0.3 is 0 Å². The minimum atomic E-state index is -0.855. The average Bonchev–Trinajstić information content (AvgIpc) is 2.73. The van der Waals surface area contributed by atoms with E-state index in [1.165, 1.54) is 17.4 Å². The second-order valence-corrected chi connectivity index (χ2v) is 4.57. The third-order valence-electron chi connectivity index (χ3n) is 2.36. The Bertz CT molecular complexity index is 622. The van der Waals surface area contributed by atoms with Crippen molar-refractivity contribution in [1.82, 2.24) is 0 Å². The fourth-order valence-corrected chi connectivity index (χ4v) is 2.16. The van der Waals surface area contributed by atoms with Crippen molar-refractivity contribution in [2.45, 2.75) is 6.92 Å². The van der Waals surface area contributed by atoms with Crippen LogP contribution in [0.5, 0.6) is 0 Å². The number of nitrogens with zero attached hydrogens (tertiary/aromatic N) is 2. The van der Waals surface area contributed by atoms with E-state index in [0.717, 1.165) is 22.6 Å². The molecule has 0 aliphatic carbocycles. The molecule has 0 amide bonds. The molecule has 0 spiro atoms. The number of nitro groups is 1. The lowest BCUT2D eigenvalue weighted by molar-refractivity contribution is -0.387. The van der Waals surface area contributed by atoms with E-state index in [9.17, 15) is 14.5 Å². The Morgan fingerprint density at radius 3 is 2.83 bits per heavy atom. The molecule has 18 heavy (non-hydrogen) atoms. The molecule has 92 valence electrons. The van der Waals surface area contributed by atoms with Gasteiger partial charge in [0.25, 0.3) is 0 Å². The molecule has 0 bridgehead atoms. The molecule has 0 saturated heterocycles. The van der Waals surface area contributed by atoms with Gasteiger partial charge in [-0.25, -0.2) is 0 Å². The monoisotopic (exact) mass is 264 g/mol. The van der Waals surface area contributed by atoms with Crippen molar-refractivity contribution < 1.29 is 9.31 Å². The zero-order chi connectivity index (χ0) is 13.1. The van der Waals surface area contributed by atoms with E-state index < -0.39 is 16.4 Å². The van der Waals surface area contributed by atoms with Crippen molar-refractivity contribution in [1.29, 1.82) is 0 Å². The maximum absolute atomic E-state index is 13.1. The highest BCUT2D eigenvalue weighted by atomic mass is 32.1. The number of aliphatic imine (C=N–C) groups is 1. The Morgan fingerprint density at radius 1 is 1.44 bits per heavy atom. The number of halogens is 1. The van der Waals surface area contributed by atoms with E-state index in [0.29, 0.717) is 5.69 Å². The van der Waals surface area contributed by atoms with Gasteiger partial charge in [-0.1, -0.05) is 0 Å². The first-order valence-electron chi connectivity index (χ1n) is 5.10. The highest BCUT2D eigenvalue weighted by Gasteiger charge is 2.13. The first-order valence-corrected chi connectivity index (χ1v) is 5.98. The van der Waals surface area contributed by atoms with Crippen LogP contribution in [0.4, 0.5) is 15.8 Å². The first kappa shape index (κ1) is 12.4. The van der Waals surface area contributed by atoms with Crippen LogP contribution in [-0.4, -0.2) is 11.1 Å². The lowest BCUT2D eigenvalue weighted by Crippen LogP contribution is -1.91. The van der Waals surface area contributed by atoms with Gasteiger partial charge in [-0.15, -0.1) is 11.3 Å². The quantitative estimate of drug-likeness (QED) is 0.480. The Hall–Kier alpha value is -2.08. The lowest BCUT2D eigenvalue weighted by atomic mass is 10.2. The number of hydrogen-bond donors (Lipinski definition) is 0. The Morgan fingerprint density at radius 2 is 2.22 bits per heavy atom. The summed E-state index contributed by atoms with van der Waals surface area (Å²) in [4.78, 5) is 14.9. The summed E-state index contributed by atoms with van der Waals surface area (Å²) in [5.74, 6) is -0.855. The van der Waals surface area contributed by atoms with Gasteiger partial charge in [0.05, 0.1) is 10.6 Å². The summed E-state index contributed by atoms with van der Waals surface area (Å²) in [6, 6.07) is 5.53. The fraction of sp³-hybridized carbons (Fsp3) is 0.0833. The Labute approximate surface area is 107 Å². The van der Waals surface area contributed by atoms with E-state index in [1.807, 2.05) is 18.4 Å². The highest BCUT2D eigenvalue weighted by Crippen LogP contribution is 2.24. The van der Waals surface area contributed by atoms with Crippen LogP contribution in [0.1, 0.15) is 10.4 Å². The zero-order valence-corrected chi connectivity index (χ0v) is 10.3. The highest BCUT2D eigenvalue weighted by molar-refractivity contribution is 7.11. The van der Waals surface area contributed by atoms with Gasteiger partial charge in [0.1, 0.15) is 0 Å². The van der Waals surface area contributed by atoms with E-state index in [4.69, 9.17) is 0 Å². The van der Waals surface area contributed by atoms with Crippen molar-refractivity contribution in [3.8, 4) is 0 Å². The van der Waals surface area contributed by atoms with Crippen molar-refractivity contribution in [3.63, 3.8) is 0 Å². The van der Waals surface area contributed by atoms with Crippen molar-refractivity contribution in [2.24, 2.45) is 4.99 Å². The molecule has 4 nitrogen and oxygen atoms in total. The van der Waals surface area contributed by atoms with E-state index >= 15 is 0 Å². The third kappa shape index (κ3) is 2.60. The number of benzene rings is 1. The number of aryl methyl sites for hydroxylation is 1. The van der Waals surface area contributed by atoms with Crippen LogP contribution in [0.15, 0.2) is 34.6 Å². The first-order chi connectivity index (χ1) is 8.58. The average molecular weight is 264 g/mol. The summed E-state index contributed by atoms with van der Waals surface area (Å²) in [5, 5.41) is 12.5. The summed E-state index contributed by atoms with van der Waals surface area (Å²) < 4.78 is 13.1. The lowest BCUT2D eigenvalue weighted by Gasteiger charge is -1.96. The minimum absolute atomic E-state index is 0.357. The number of hydrogen-bond acceptors (Lipinski definition) is 4. The van der Waals surface area contributed by atoms with Crippen molar-refractivity contribution in [2.75, 3.05) is 0 Å². The summed E-state index contributed by atoms with van der Waals surface area (Å²) in [5.41, 5.74) is 0.879. The second-order valence-electron chi connectivity index (χ2n) is 3.62. The van der Waals surface area contributed by atoms with Gasteiger partial charge >= 0.3 is 5.69 Å². The molecule has 1 aromatic carbocycles. The number of rotatable bonds is 3. The molecule has 1 heterocycles. The molecule has 0 fully saturated rings. The molecule has 2 aromatic rings. The predicted molar refractivity (Wildman–Crippen MR) is 69.4 cm³/mol. The predicted octanol–water partition coefficient (Wildman–Crippen LogP) is 3.85. The molecule has 2 rings (SSSR count). The van der Waals surface area contributed by atoms with E-state index in [1.54, 1.807) is 6.21 Å². The maximum atomic E-state index is 13.1. The van der Waals surface area contributed by atoms with Gasteiger partial charge in [-0.2, -0.15) is 4.39 Å². The molecule has 0 radical (unpaired) electrons. The van der Waals surface area contributed by atoms with Crippen LogP contribution in [0, 0.1) is 22.9 Å². The third-order valence-corrected chi connectivity index (χ3v) is 3.31. The van der Waals surface area contributed by atoms with Crippen LogP contribution in [0.25, 0.3) is 0 Å². The molecule has 0 saturated carbocycles. The number of nitro benzene ring substituents is 1.